The molecule has 8 heteroatoms. The van der Waals surface area contributed by atoms with E-state index in [1.165, 1.54) is 51.4 Å². The molecule has 0 aliphatic heterocycles. The van der Waals surface area contributed by atoms with Crippen molar-refractivity contribution in [1.82, 2.24) is 4.90 Å². The van der Waals surface area contributed by atoms with Gasteiger partial charge in [-0.2, -0.15) is 0 Å². The number of rotatable bonds is 29. The third-order valence-electron chi connectivity index (χ3n) is 12.9. The number of nitrogens with zero attached hydrogens (tertiary/aromatic N) is 1. The molecule has 0 aromatic carbocycles. The molecule has 0 N–H and O–H groups in total. The highest BCUT2D eigenvalue weighted by Crippen LogP contribution is 2.71. The van der Waals surface area contributed by atoms with Gasteiger partial charge >= 0.3 is 17.9 Å². The topological polar surface area (TPSA) is 91.4 Å². The van der Waals surface area contributed by atoms with E-state index in [9.17, 15) is 14.4 Å². The zero-order valence-electron chi connectivity index (χ0n) is 34.6. The number of methoxy groups -OCH3 is 1. The summed E-state index contributed by atoms with van der Waals surface area (Å²) in [6, 6.07) is 0. The van der Waals surface area contributed by atoms with Crippen LogP contribution in [-0.2, 0) is 33.3 Å². The Balaban J connectivity index is 1.77. The van der Waals surface area contributed by atoms with Gasteiger partial charge < -0.3 is 23.8 Å². The fourth-order valence-electron chi connectivity index (χ4n) is 10.8. The lowest BCUT2D eigenvalue weighted by Gasteiger charge is -2.60. The minimum atomic E-state index is -0.267. The summed E-state index contributed by atoms with van der Waals surface area (Å²) in [7, 11) is 1.78. The van der Waals surface area contributed by atoms with Gasteiger partial charge in [0.1, 0.15) is 0 Å². The number of carbonyl (C=O) groups excluding carboxylic acids is 3. The van der Waals surface area contributed by atoms with Gasteiger partial charge in [0, 0.05) is 42.6 Å². The van der Waals surface area contributed by atoms with E-state index in [-0.39, 0.29) is 39.6 Å². The van der Waals surface area contributed by atoms with E-state index >= 15 is 0 Å². The predicted octanol–water partition coefficient (Wildman–Crippen LogP) is 10.2. The first-order valence-electron chi connectivity index (χ1n) is 21.7. The Kier molecular flexibility index (Phi) is 19.5. The third-order valence-corrected chi connectivity index (χ3v) is 12.9. The summed E-state index contributed by atoms with van der Waals surface area (Å²) in [5.41, 5.74) is -0.849. The fraction of sp³-hybridized carbons (Fsp3) is 0.932. The Morgan fingerprint density at radius 3 is 1.46 bits per heavy atom. The van der Waals surface area contributed by atoms with Gasteiger partial charge in [-0.05, 0) is 95.2 Å². The van der Waals surface area contributed by atoms with Crippen LogP contribution in [-0.4, -0.2) is 76.0 Å². The number of hydrogen-bond donors (Lipinski definition) is 0. The number of fused-ring (bicyclic) bond motifs is 1. The maximum atomic E-state index is 13.4. The Morgan fingerprint density at radius 1 is 0.519 bits per heavy atom. The maximum Gasteiger partial charge on any atom is 0.305 e. The molecule has 4 fully saturated rings. The zero-order chi connectivity index (χ0) is 37.9. The number of unbranched alkanes of at least 4 members (excludes halogenated alkanes) is 6. The molecule has 4 aliphatic rings. The second-order valence-electron chi connectivity index (χ2n) is 17.8. The first kappa shape index (κ1) is 44.7. The van der Waals surface area contributed by atoms with Crippen molar-refractivity contribution in [3.8, 4) is 0 Å². The highest BCUT2D eigenvalue weighted by Gasteiger charge is 2.65. The van der Waals surface area contributed by atoms with Gasteiger partial charge in [0.05, 0.1) is 26.4 Å². The van der Waals surface area contributed by atoms with Gasteiger partial charge in [-0.15, -0.1) is 0 Å². The van der Waals surface area contributed by atoms with E-state index in [0.717, 1.165) is 96.7 Å². The maximum absolute atomic E-state index is 13.4. The monoisotopic (exact) mass is 734 g/mol. The summed E-state index contributed by atoms with van der Waals surface area (Å²) in [6.07, 6.45) is 22.0. The quantitative estimate of drug-likeness (QED) is 0.0426. The van der Waals surface area contributed by atoms with E-state index < -0.39 is 0 Å². The first-order valence-corrected chi connectivity index (χ1v) is 21.7. The summed E-state index contributed by atoms with van der Waals surface area (Å²) >= 11 is 0. The molecule has 0 aromatic heterocycles. The highest BCUT2D eigenvalue weighted by molar-refractivity contribution is 5.70. The molecule has 0 heterocycles. The van der Waals surface area contributed by atoms with Crippen molar-refractivity contribution >= 4 is 17.9 Å². The molecule has 4 aliphatic carbocycles. The van der Waals surface area contributed by atoms with Crippen LogP contribution in [0.15, 0.2) is 0 Å². The van der Waals surface area contributed by atoms with E-state index in [1.807, 2.05) is 0 Å². The van der Waals surface area contributed by atoms with Crippen LogP contribution in [0.5, 0.6) is 0 Å². The Labute approximate surface area is 318 Å². The predicted molar refractivity (Wildman–Crippen MR) is 209 cm³/mol. The van der Waals surface area contributed by atoms with Crippen molar-refractivity contribution in [3.05, 3.63) is 0 Å². The third kappa shape index (κ3) is 14.2. The van der Waals surface area contributed by atoms with Crippen LogP contribution in [0.3, 0.4) is 0 Å². The molecule has 4 atom stereocenters. The molecule has 52 heavy (non-hydrogen) atoms. The van der Waals surface area contributed by atoms with Crippen LogP contribution in [0.25, 0.3) is 0 Å². The van der Waals surface area contributed by atoms with E-state index in [0.29, 0.717) is 51.6 Å². The van der Waals surface area contributed by atoms with Gasteiger partial charge in [-0.1, -0.05) is 98.8 Å². The zero-order valence-corrected chi connectivity index (χ0v) is 34.6. The molecule has 0 radical (unpaired) electrons. The second-order valence-corrected chi connectivity index (χ2v) is 17.8. The van der Waals surface area contributed by atoms with Crippen molar-refractivity contribution in [2.24, 2.45) is 27.6 Å². The molecule has 0 saturated heterocycles. The smallest absolute Gasteiger partial charge is 0.305 e. The van der Waals surface area contributed by atoms with Gasteiger partial charge in [0.25, 0.3) is 0 Å². The fourth-order valence-corrected chi connectivity index (χ4v) is 10.8. The lowest BCUT2D eigenvalue weighted by molar-refractivity contribution is -0.183. The van der Waals surface area contributed by atoms with Crippen LogP contribution in [0.2, 0.25) is 0 Å². The SMILES string of the molecule is CCCCCCCC(=O)OCC12CC3(COC(=O)CCCN(CC)CC)CCC(COC(=O)CCC(CCCC)CCCC)(CC(COC)(C3)C1)C2. The van der Waals surface area contributed by atoms with Crippen molar-refractivity contribution < 1.29 is 33.3 Å². The van der Waals surface area contributed by atoms with Gasteiger partial charge in [-0.3, -0.25) is 14.4 Å². The van der Waals surface area contributed by atoms with Gasteiger partial charge in [0.2, 0.25) is 0 Å². The molecular formula is C44H79NO7. The molecule has 4 rings (SSSR count). The summed E-state index contributed by atoms with van der Waals surface area (Å²) in [4.78, 5) is 41.9. The van der Waals surface area contributed by atoms with E-state index in [2.05, 4.69) is 39.5 Å². The second kappa shape index (κ2) is 22.6. The summed E-state index contributed by atoms with van der Waals surface area (Å²) in [6.45, 7) is 15.6. The highest BCUT2D eigenvalue weighted by atomic mass is 16.5. The molecular weight excluding hydrogens is 654 g/mol. The summed E-state index contributed by atoms with van der Waals surface area (Å²) in [5.74, 6) is 0.277. The van der Waals surface area contributed by atoms with Crippen molar-refractivity contribution in [3.63, 3.8) is 0 Å². The van der Waals surface area contributed by atoms with Gasteiger partial charge in [-0.25, -0.2) is 0 Å². The largest absolute Gasteiger partial charge is 0.465 e. The molecule has 8 nitrogen and oxygen atoms in total. The number of esters is 3. The lowest BCUT2D eigenvalue weighted by Crippen LogP contribution is -2.56. The van der Waals surface area contributed by atoms with E-state index in [4.69, 9.17) is 18.9 Å². The average Bonchev–Trinajstić information content (AvgIpc) is 3.29. The standard InChI is InChI=1S/C44H79NO7/c1-7-12-15-16-17-21-38(46)52-36-44-30-41(34-50-39(47)22-18-27-45(10-4)11-5)25-26-42(31-44,29-43(28-41,32-44)33-49-6)35-51-40(48)24-23-37(19-13-8-2)20-14-9-3/h37H,7-36H2,1-6H3. The Hall–Kier alpha value is -1.67. The minimum Gasteiger partial charge on any atom is -0.465 e. The van der Waals surface area contributed by atoms with Crippen molar-refractivity contribution in [1.29, 1.82) is 0 Å². The van der Waals surface area contributed by atoms with Crippen LogP contribution in [0.4, 0.5) is 0 Å². The van der Waals surface area contributed by atoms with Crippen molar-refractivity contribution in [2.75, 3.05) is 53.2 Å². The molecule has 4 bridgehead atoms. The van der Waals surface area contributed by atoms with Crippen LogP contribution >= 0.6 is 0 Å². The lowest BCUT2D eigenvalue weighted by atomic mass is 9.46. The molecule has 4 unspecified atom stereocenters. The van der Waals surface area contributed by atoms with Crippen LogP contribution < -0.4 is 0 Å². The summed E-state index contributed by atoms with van der Waals surface area (Å²) < 4.78 is 24.6. The number of ether oxygens (including phenoxy) is 4. The van der Waals surface area contributed by atoms with Crippen molar-refractivity contribution in [2.45, 2.75) is 182 Å². The van der Waals surface area contributed by atoms with Gasteiger partial charge in [0.15, 0.2) is 0 Å². The minimum absolute atomic E-state index is 0.0798. The first-order chi connectivity index (χ1) is 25.0. The average molecular weight is 734 g/mol. The Bertz CT molecular complexity index is 1060. The number of carbonyl (C=O) groups is 3. The van der Waals surface area contributed by atoms with Crippen LogP contribution in [0.1, 0.15) is 182 Å². The molecule has 0 spiro atoms. The molecule has 0 aromatic rings. The molecule has 4 saturated carbocycles. The van der Waals surface area contributed by atoms with E-state index in [1.54, 1.807) is 7.11 Å². The normalized spacial score (nSPS) is 26.5. The van der Waals surface area contributed by atoms with Crippen LogP contribution in [0, 0.1) is 27.6 Å². The Morgan fingerprint density at radius 2 is 0.962 bits per heavy atom. The molecule has 0 amide bonds. The summed E-state index contributed by atoms with van der Waals surface area (Å²) in [5, 5.41) is 0. The number of hydrogen-bond acceptors (Lipinski definition) is 8. The molecule has 302 valence electrons.